The molecule has 0 spiro atoms. The Bertz CT molecular complexity index is 783. The topological polar surface area (TPSA) is 29.5 Å². The van der Waals surface area contributed by atoms with Crippen molar-refractivity contribution in [3.8, 4) is 0 Å². The van der Waals surface area contributed by atoms with Crippen LogP contribution in [0.1, 0.15) is 44.7 Å². The lowest BCUT2D eigenvalue weighted by Crippen LogP contribution is -2.34. The summed E-state index contributed by atoms with van der Waals surface area (Å²) in [6, 6.07) is 21.0. The van der Waals surface area contributed by atoms with Crippen LogP contribution in [0.15, 0.2) is 70.6 Å². The third-order valence-corrected chi connectivity index (χ3v) is 7.05. The summed E-state index contributed by atoms with van der Waals surface area (Å²) in [5.74, 6) is 1.78. The van der Waals surface area contributed by atoms with E-state index in [0.29, 0.717) is 0 Å². The molecule has 0 N–H and O–H groups in total. The molecular formula is C24H29NO2S2. The van der Waals surface area contributed by atoms with Crippen molar-refractivity contribution in [1.82, 2.24) is 4.90 Å². The van der Waals surface area contributed by atoms with Crippen molar-refractivity contribution < 1.29 is 9.53 Å². The first-order valence-electron chi connectivity index (χ1n) is 9.99. The highest BCUT2D eigenvalue weighted by Gasteiger charge is 2.30. The molecule has 1 aliphatic heterocycles. The van der Waals surface area contributed by atoms with E-state index in [4.69, 9.17) is 4.74 Å². The highest BCUT2D eigenvalue weighted by atomic mass is 32.2. The maximum atomic E-state index is 12.8. The van der Waals surface area contributed by atoms with Gasteiger partial charge in [-0.2, -0.15) is 0 Å². The van der Waals surface area contributed by atoms with Crippen LogP contribution in [0.4, 0.5) is 4.79 Å². The van der Waals surface area contributed by atoms with Crippen LogP contribution in [-0.2, 0) is 16.2 Å². The summed E-state index contributed by atoms with van der Waals surface area (Å²) < 4.78 is 6.89. The summed E-state index contributed by atoms with van der Waals surface area (Å²) in [7, 11) is 0. The van der Waals surface area contributed by atoms with Gasteiger partial charge in [0.15, 0.2) is 0 Å². The lowest BCUT2D eigenvalue weighted by molar-refractivity contribution is 0.0339. The second-order valence-corrected chi connectivity index (χ2v) is 10.2. The van der Waals surface area contributed by atoms with Crippen molar-refractivity contribution in [3.63, 3.8) is 0 Å². The Labute approximate surface area is 182 Å². The molecule has 154 valence electrons. The summed E-state index contributed by atoms with van der Waals surface area (Å²) in [5.41, 5.74) is 3.20. The van der Waals surface area contributed by atoms with Gasteiger partial charge in [0.05, 0.1) is 4.24 Å². The summed E-state index contributed by atoms with van der Waals surface area (Å²) in [6.45, 7) is 6.48. The van der Waals surface area contributed by atoms with E-state index in [1.807, 2.05) is 61.3 Å². The average molecular weight is 428 g/mol. The van der Waals surface area contributed by atoms with E-state index in [1.54, 1.807) is 0 Å². The summed E-state index contributed by atoms with van der Waals surface area (Å²) in [5, 5.41) is 0. The molecule has 3 rings (SSSR count). The van der Waals surface area contributed by atoms with Crippen LogP contribution in [0.2, 0.25) is 0 Å². The molecule has 2 aromatic carbocycles. The van der Waals surface area contributed by atoms with E-state index in [2.05, 4.69) is 48.5 Å². The van der Waals surface area contributed by atoms with Gasteiger partial charge < -0.3 is 4.74 Å². The number of carbonyl (C=O) groups excluding carboxylic acids is 1. The minimum Gasteiger partial charge on any atom is -0.443 e. The maximum absolute atomic E-state index is 12.8. The van der Waals surface area contributed by atoms with Gasteiger partial charge in [0, 0.05) is 23.7 Å². The maximum Gasteiger partial charge on any atom is 0.414 e. The van der Waals surface area contributed by atoms with E-state index >= 15 is 0 Å². The van der Waals surface area contributed by atoms with Crippen LogP contribution in [-0.4, -0.2) is 23.1 Å². The molecule has 1 amide bonds. The molecule has 0 radical (unpaired) electrons. The number of nitrogens with zero attached hydrogens (tertiary/aromatic N) is 1. The number of hydrogen-bond acceptors (Lipinski definition) is 4. The molecule has 0 bridgehead atoms. The Hall–Kier alpha value is -1.85. The van der Waals surface area contributed by atoms with Crippen molar-refractivity contribution in [1.29, 1.82) is 0 Å². The van der Waals surface area contributed by atoms with Gasteiger partial charge in [0.1, 0.15) is 5.60 Å². The van der Waals surface area contributed by atoms with E-state index in [9.17, 15) is 4.79 Å². The highest BCUT2D eigenvalue weighted by Crippen LogP contribution is 2.41. The molecule has 1 heterocycles. The largest absolute Gasteiger partial charge is 0.443 e. The number of allylic oxidation sites excluding steroid dienone is 1. The van der Waals surface area contributed by atoms with E-state index in [0.717, 1.165) is 36.6 Å². The number of carbonyl (C=O) groups is 1. The van der Waals surface area contributed by atoms with Gasteiger partial charge in [-0.15, -0.1) is 23.5 Å². The molecule has 5 heteroatoms. The zero-order chi connectivity index (χ0) is 20.7. The Morgan fingerprint density at radius 2 is 1.45 bits per heavy atom. The number of rotatable bonds is 6. The van der Waals surface area contributed by atoms with Gasteiger partial charge in [-0.3, -0.25) is 4.90 Å². The molecule has 29 heavy (non-hydrogen) atoms. The smallest absolute Gasteiger partial charge is 0.414 e. The first-order chi connectivity index (χ1) is 13.9. The fourth-order valence-electron chi connectivity index (χ4n) is 3.06. The van der Waals surface area contributed by atoms with Gasteiger partial charge in [0.2, 0.25) is 0 Å². The predicted molar refractivity (Wildman–Crippen MR) is 125 cm³/mol. The third kappa shape index (κ3) is 6.86. The molecule has 0 saturated carbocycles. The Balaban J connectivity index is 1.79. The lowest BCUT2D eigenvalue weighted by atomic mass is 10.2. The molecule has 0 unspecified atom stereocenters. The second-order valence-electron chi connectivity index (χ2n) is 8.02. The minimum absolute atomic E-state index is 0.233. The van der Waals surface area contributed by atoms with Crippen molar-refractivity contribution in [2.45, 2.75) is 50.7 Å². The lowest BCUT2D eigenvalue weighted by Gasteiger charge is -2.26. The van der Waals surface area contributed by atoms with E-state index < -0.39 is 5.60 Å². The highest BCUT2D eigenvalue weighted by molar-refractivity contribution is 8.21. The van der Waals surface area contributed by atoms with Crippen LogP contribution < -0.4 is 0 Å². The molecule has 3 nitrogen and oxygen atoms in total. The number of thioether (sulfide) groups is 2. The number of amides is 1. The fraction of sp³-hybridized carbons (Fsp3) is 0.375. The van der Waals surface area contributed by atoms with Crippen molar-refractivity contribution in [3.05, 3.63) is 81.7 Å². The van der Waals surface area contributed by atoms with Crippen LogP contribution in [0, 0.1) is 0 Å². The number of benzene rings is 2. The predicted octanol–water partition coefficient (Wildman–Crippen LogP) is 7.05. The SMILES string of the molecule is CC(C)(C)OC(=O)N1CCCC1=C(SCc1ccccc1)SCc1ccccc1. The zero-order valence-electron chi connectivity index (χ0n) is 17.4. The molecule has 1 aliphatic rings. The summed E-state index contributed by atoms with van der Waals surface area (Å²) in [6.07, 6.45) is 1.66. The van der Waals surface area contributed by atoms with Crippen LogP contribution >= 0.6 is 23.5 Å². The van der Waals surface area contributed by atoms with E-state index in [-0.39, 0.29) is 6.09 Å². The first-order valence-corrected chi connectivity index (χ1v) is 12.0. The van der Waals surface area contributed by atoms with Crippen molar-refractivity contribution in [2.75, 3.05) is 6.54 Å². The standard InChI is InChI=1S/C24H29NO2S2/c1-24(2,3)27-23(26)25-16-10-15-21(25)22(28-17-19-11-6-4-7-12-19)29-18-20-13-8-5-9-14-20/h4-9,11-14H,10,15-18H2,1-3H3. The normalized spacial score (nSPS) is 14.2. The van der Waals surface area contributed by atoms with Gasteiger partial charge >= 0.3 is 6.09 Å². The van der Waals surface area contributed by atoms with Crippen LogP contribution in [0.5, 0.6) is 0 Å². The third-order valence-electron chi connectivity index (χ3n) is 4.40. The second kappa shape index (κ2) is 10.3. The van der Waals surface area contributed by atoms with E-state index in [1.165, 1.54) is 15.4 Å². The van der Waals surface area contributed by atoms with Gasteiger partial charge in [-0.1, -0.05) is 60.7 Å². The first kappa shape index (κ1) is 21.8. The molecule has 2 aromatic rings. The monoisotopic (exact) mass is 427 g/mol. The molecule has 0 aromatic heterocycles. The average Bonchev–Trinajstić information content (AvgIpc) is 3.18. The van der Waals surface area contributed by atoms with Gasteiger partial charge in [-0.25, -0.2) is 4.79 Å². The molecule has 1 fully saturated rings. The van der Waals surface area contributed by atoms with Gasteiger partial charge in [-0.05, 0) is 44.7 Å². The fourth-order valence-corrected chi connectivity index (χ4v) is 5.48. The summed E-state index contributed by atoms with van der Waals surface area (Å²) >= 11 is 3.65. The Kier molecular flexibility index (Phi) is 7.73. The number of ether oxygens (including phenoxy) is 1. The Morgan fingerprint density at radius 1 is 0.931 bits per heavy atom. The van der Waals surface area contributed by atoms with Crippen molar-refractivity contribution in [2.24, 2.45) is 0 Å². The Morgan fingerprint density at radius 3 is 1.93 bits per heavy atom. The number of likely N-dealkylation sites (tertiary alicyclic amines) is 1. The van der Waals surface area contributed by atoms with Gasteiger partial charge in [0.25, 0.3) is 0 Å². The molecule has 0 atom stereocenters. The minimum atomic E-state index is -0.487. The quantitative estimate of drug-likeness (QED) is 0.494. The molecule has 1 saturated heterocycles. The van der Waals surface area contributed by atoms with Crippen molar-refractivity contribution >= 4 is 29.6 Å². The van der Waals surface area contributed by atoms with Crippen LogP contribution in [0.25, 0.3) is 0 Å². The summed E-state index contributed by atoms with van der Waals surface area (Å²) in [4.78, 5) is 14.6. The number of hydrogen-bond donors (Lipinski definition) is 0. The van der Waals surface area contributed by atoms with Crippen LogP contribution in [0.3, 0.4) is 0 Å². The molecular weight excluding hydrogens is 398 g/mol. The molecule has 0 aliphatic carbocycles. The zero-order valence-corrected chi connectivity index (χ0v) is 19.0.